The number of nitrogen functional groups attached to an aromatic ring is 1. The maximum absolute atomic E-state index is 13.3. The Morgan fingerprint density at radius 3 is 2.61 bits per heavy atom. The van der Waals surface area contributed by atoms with E-state index < -0.39 is 17.7 Å². The van der Waals surface area contributed by atoms with Gasteiger partial charge >= 0.3 is 5.97 Å². The number of nitrogens with two attached hydrogens (primary N) is 1. The third kappa shape index (κ3) is 2.63. The van der Waals surface area contributed by atoms with Gasteiger partial charge in [-0.15, -0.1) is 0 Å². The maximum atomic E-state index is 13.3. The van der Waals surface area contributed by atoms with Gasteiger partial charge in [-0.05, 0) is 42.5 Å². The Morgan fingerprint density at radius 2 is 2.00 bits per heavy atom. The Morgan fingerprint density at radius 1 is 1.33 bits per heavy atom. The molecule has 2 rings (SSSR count). The molecule has 0 aliphatic heterocycles. The number of carbonyl (C=O) groups is 1. The molecular formula is C14H18FNO2. The molecule has 0 aromatic heterocycles. The van der Waals surface area contributed by atoms with Crippen molar-refractivity contribution < 1.29 is 14.3 Å². The van der Waals surface area contributed by atoms with E-state index in [9.17, 15) is 14.3 Å². The van der Waals surface area contributed by atoms with E-state index in [1.54, 1.807) is 0 Å². The van der Waals surface area contributed by atoms with Gasteiger partial charge in [-0.1, -0.05) is 19.3 Å². The predicted octanol–water partition coefficient (Wildman–Crippen LogP) is 3.16. The molecule has 98 valence electrons. The van der Waals surface area contributed by atoms with Gasteiger partial charge in [0.05, 0.1) is 5.92 Å². The minimum absolute atomic E-state index is 0.0698. The minimum atomic E-state index is -0.904. The highest BCUT2D eigenvalue weighted by molar-refractivity contribution is 5.79. The van der Waals surface area contributed by atoms with Gasteiger partial charge in [0.2, 0.25) is 0 Å². The SMILES string of the molecule is Nc1ccc(F)cc1C(C(=O)O)C1CCCCC1. The number of carboxylic acid groups (broad SMARTS) is 1. The van der Waals surface area contributed by atoms with Crippen LogP contribution >= 0.6 is 0 Å². The molecule has 0 radical (unpaired) electrons. The third-order valence-electron chi connectivity index (χ3n) is 3.77. The van der Waals surface area contributed by atoms with Crippen molar-refractivity contribution in [2.75, 3.05) is 5.73 Å². The lowest BCUT2D eigenvalue weighted by atomic mass is 9.76. The number of aliphatic carboxylic acids is 1. The summed E-state index contributed by atoms with van der Waals surface area (Å²) in [5, 5.41) is 9.42. The molecule has 1 aromatic rings. The van der Waals surface area contributed by atoms with Crippen LogP contribution in [0.25, 0.3) is 0 Å². The first-order valence-electron chi connectivity index (χ1n) is 6.37. The molecule has 1 unspecified atom stereocenters. The molecule has 1 saturated carbocycles. The van der Waals surface area contributed by atoms with Crippen LogP contribution in [0.1, 0.15) is 43.6 Å². The zero-order valence-electron chi connectivity index (χ0n) is 10.2. The van der Waals surface area contributed by atoms with E-state index in [-0.39, 0.29) is 5.92 Å². The normalized spacial score (nSPS) is 18.5. The molecule has 1 fully saturated rings. The largest absolute Gasteiger partial charge is 0.481 e. The molecule has 1 aliphatic rings. The van der Waals surface area contributed by atoms with Gasteiger partial charge < -0.3 is 10.8 Å². The smallest absolute Gasteiger partial charge is 0.311 e. The predicted molar refractivity (Wildman–Crippen MR) is 67.8 cm³/mol. The number of hydrogen-bond acceptors (Lipinski definition) is 2. The van der Waals surface area contributed by atoms with Crippen molar-refractivity contribution in [1.29, 1.82) is 0 Å². The topological polar surface area (TPSA) is 63.3 Å². The first kappa shape index (κ1) is 12.9. The van der Waals surface area contributed by atoms with Gasteiger partial charge in [0, 0.05) is 5.69 Å². The second-order valence-electron chi connectivity index (χ2n) is 4.99. The van der Waals surface area contributed by atoms with Crippen molar-refractivity contribution in [2.24, 2.45) is 5.92 Å². The van der Waals surface area contributed by atoms with Crippen molar-refractivity contribution in [1.82, 2.24) is 0 Å². The van der Waals surface area contributed by atoms with E-state index >= 15 is 0 Å². The molecule has 1 atom stereocenters. The molecule has 3 N–H and O–H groups in total. The van der Waals surface area contributed by atoms with E-state index in [1.807, 2.05) is 0 Å². The van der Waals surface area contributed by atoms with Crippen LogP contribution in [-0.4, -0.2) is 11.1 Å². The van der Waals surface area contributed by atoms with Crippen LogP contribution in [0.5, 0.6) is 0 Å². The maximum Gasteiger partial charge on any atom is 0.311 e. The molecule has 0 saturated heterocycles. The quantitative estimate of drug-likeness (QED) is 0.811. The zero-order chi connectivity index (χ0) is 13.1. The van der Waals surface area contributed by atoms with Gasteiger partial charge in [-0.2, -0.15) is 0 Å². The van der Waals surface area contributed by atoms with Crippen LogP contribution in [-0.2, 0) is 4.79 Å². The second-order valence-corrected chi connectivity index (χ2v) is 4.99. The molecule has 0 bridgehead atoms. The summed E-state index contributed by atoms with van der Waals surface area (Å²) in [6, 6.07) is 3.98. The van der Waals surface area contributed by atoms with E-state index in [1.165, 1.54) is 18.2 Å². The van der Waals surface area contributed by atoms with Gasteiger partial charge in [-0.3, -0.25) is 4.79 Å². The molecule has 4 heteroatoms. The fourth-order valence-electron chi connectivity index (χ4n) is 2.87. The van der Waals surface area contributed by atoms with E-state index in [0.717, 1.165) is 32.1 Å². The number of carboxylic acids is 1. The molecular weight excluding hydrogens is 233 g/mol. The van der Waals surface area contributed by atoms with Crippen molar-refractivity contribution in [2.45, 2.75) is 38.0 Å². The van der Waals surface area contributed by atoms with Crippen molar-refractivity contribution in [3.8, 4) is 0 Å². The summed E-state index contributed by atoms with van der Waals surface area (Å²) in [7, 11) is 0. The van der Waals surface area contributed by atoms with Gasteiger partial charge in [0.15, 0.2) is 0 Å². The van der Waals surface area contributed by atoms with Gasteiger partial charge in [-0.25, -0.2) is 4.39 Å². The first-order chi connectivity index (χ1) is 8.59. The van der Waals surface area contributed by atoms with Gasteiger partial charge in [0.25, 0.3) is 0 Å². The van der Waals surface area contributed by atoms with Crippen LogP contribution in [0.4, 0.5) is 10.1 Å². The van der Waals surface area contributed by atoms with Crippen LogP contribution < -0.4 is 5.73 Å². The monoisotopic (exact) mass is 251 g/mol. The summed E-state index contributed by atoms with van der Waals surface area (Å²) in [5.74, 6) is -1.94. The summed E-state index contributed by atoms with van der Waals surface area (Å²) in [5.41, 5.74) is 6.60. The second kappa shape index (κ2) is 5.38. The van der Waals surface area contributed by atoms with Crippen molar-refractivity contribution >= 4 is 11.7 Å². The fraction of sp³-hybridized carbons (Fsp3) is 0.500. The zero-order valence-corrected chi connectivity index (χ0v) is 10.2. The summed E-state index contributed by atoms with van der Waals surface area (Å²) in [6.07, 6.45) is 5.01. The minimum Gasteiger partial charge on any atom is -0.481 e. The molecule has 1 aromatic carbocycles. The number of anilines is 1. The highest BCUT2D eigenvalue weighted by atomic mass is 19.1. The molecule has 3 nitrogen and oxygen atoms in total. The Labute approximate surface area is 106 Å². The third-order valence-corrected chi connectivity index (χ3v) is 3.77. The average Bonchev–Trinajstić information content (AvgIpc) is 2.35. The van der Waals surface area contributed by atoms with Crippen LogP contribution in [0.3, 0.4) is 0 Å². The first-order valence-corrected chi connectivity index (χ1v) is 6.37. The molecule has 1 aliphatic carbocycles. The summed E-state index contributed by atoms with van der Waals surface area (Å²) < 4.78 is 13.3. The Kier molecular flexibility index (Phi) is 3.84. The van der Waals surface area contributed by atoms with E-state index in [4.69, 9.17) is 5.73 Å². The number of halogens is 1. The highest BCUT2D eigenvalue weighted by Crippen LogP contribution is 2.38. The number of benzene rings is 1. The highest BCUT2D eigenvalue weighted by Gasteiger charge is 2.32. The lowest BCUT2D eigenvalue weighted by Gasteiger charge is -2.28. The lowest BCUT2D eigenvalue weighted by Crippen LogP contribution is -2.24. The van der Waals surface area contributed by atoms with Crippen LogP contribution in [0, 0.1) is 11.7 Å². The van der Waals surface area contributed by atoms with Crippen LogP contribution in [0.2, 0.25) is 0 Å². The average molecular weight is 251 g/mol. The van der Waals surface area contributed by atoms with Gasteiger partial charge in [0.1, 0.15) is 5.82 Å². The summed E-state index contributed by atoms with van der Waals surface area (Å²) >= 11 is 0. The standard InChI is InChI=1S/C14H18FNO2/c15-10-6-7-12(16)11(8-10)13(14(17)18)9-4-2-1-3-5-9/h6-9,13H,1-5,16H2,(H,17,18). The Balaban J connectivity index is 2.34. The number of rotatable bonds is 3. The summed E-state index contributed by atoms with van der Waals surface area (Å²) in [4.78, 5) is 11.5. The van der Waals surface area contributed by atoms with Crippen molar-refractivity contribution in [3.05, 3.63) is 29.6 Å². The van der Waals surface area contributed by atoms with E-state index in [0.29, 0.717) is 11.3 Å². The summed E-state index contributed by atoms with van der Waals surface area (Å²) in [6.45, 7) is 0. The Bertz CT molecular complexity index is 441. The fourth-order valence-corrected chi connectivity index (χ4v) is 2.87. The van der Waals surface area contributed by atoms with Crippen LogP contribution in [0.15, 0.2) is 18.2 Å². The molecule has 0 heterocycles. The Hall–Kier alpha value is -1.58. The molecule has 0 spiro atoms. The van der Waals surface area contributed by atoms with Crippen molar-refractivity contribution in [3.63, 3.8) is 0 Å². The molecule has 0 amide bonds. The number of hydrogen-bond donors (Lipinski definition) is 2. The molecule has 18 heavy (non-hydrogen) atoms. The lowest BCUT2D eigenvalue weighted by molar-refractivity contribution is -0.140. The van der Waals surface area contributed by atoms with E-state index in [2.05, 4.69) is 0 Å².